The van der Waals surface area contributed by atoms with Crippen molar-refractivity contribution in [3.8, 4) is 0 Å². The lowest BCUT2D eigenvalue weighted by Gasteiger charge is -2.18. The standard InChI is InChI=1S/C12H21N3O3S2.ClH/c1-12(2,3)20(17,18)7-6-14-11(16)9-8-19-10(15-9)4-5-13;/h8H,4-7,13H2,1-3H3,(H,14,16);1H. The number of hydrogen-bond donors (Lipinski definition) is 2. The lowest BCUT2D eigenvalue weighted by atomic mass is 10.3. The molecule has 9 heteroatoms. The van der Waals surface area contributed by atoms with Gasteiger partial charge in [-0.15, -0.1) is 23.7 Å². The summed E-state index contributed by atoms with van der Waals surface area (Å²) in [5, 5.41) is 5.03. The number of halogens is 1. The zero-order valence-electron chi connectivity index (χ0n) is 12.4. The predicted octanol–water partition coefficient (Wildman–Crippen LogP) is 1.01. The molecule has 1 amide bonds. The Morgan fingerprint density at radius 1 is 1.43 bits per heavy atom. The molecule has 6 nitrogen and oxygen atoms in total. The summed E-state index contributed by atoms with van der Waals surface area (Å²) in [5.41, 5.74) is 5.73. The largest absolute Gasteiger partial charge is 0.350 e. The first-order valence-corrected chi connectivity index (χ1v) is 8.85. The van der Waals surface area contributed by atoms with Gasteiger partial charge < -0.3 is 11.1 Å². The monoisotopic (exact) mass is 355 g/mol. The molecule has 0 saturated carbocycles. The molecular weight excluding hydrogens is 334 g/mol. The third-order valence-electron chi connectivity index (χ3n) is 2.73. The van der Waals surface area contributed by atoms with E-state index in [1.807, 2.05) is 0 Å². The minimum atomic E-state index is -3.23. The molecule has 1 aromatic rings. The average molecular weight is 356 g/mol. The second-order valence-electron chi connectivity index (χ2n) is 5.35. The Morgan fingerprint density at radius 2 is 2.05 bits per heavy atom. The molecule has 122 valence electrons. The van der Waals surface area contributed by atoms with E-state index in [0.717, 1.165) is 5.01 Å². The Hall–Kier alpha value is -0.700. The van der Waals surface area contributed by atoms with Gasteiger partial charge in [0.15, 0.2) is 9.84 Å². The van der Waals surface area contributed by atoms with Crippen LogP contribution in [-0.4, -0.2) is 42.9 Å². The van der Waals surface area contributed by atoms with Gasteiger partial charge in [0.1, 0.15) is 5.69 Å². The van der Waals surface area contributed by atoms with Gasteiger partial charge in [-0.3, -0.25) is 4.79 Å². The first kappa shape index (κ1) is 20.3. The average Bonchev–Trinajstić information content (AvgIpc) is 2.76. The molecule has 0 bridgehead atoms. The third-order valence-corrected chi connectivity index (χ3v) is 6.25. The lowest BCUT2D eigenvalue weighted by molar-refractivity contribution is 0.0951. The molecule has 3 N–H and O–H groups in total. The highest BCUT2D eigenvalue weighted by Gasteiger charge is 2.28. The highest BCUT2D eigenvalue weighted by atomic mass is 35.5. The maximum Gasteiger partial charge on any atom is 0.270 e. The first-order chi connectivity index (χ1) is 9.17. The highest BCUT2D eigenvalue weighted by molar-refractivity contribution is 7.92. The van der Waals surface area contributed by atoms with Crippen molar-refractivity contribution in [3.05, 3.63) is 16.1 Å². The topological polar surface area (TPSA) is 102 Å². The molecular formula is C12H22ClN3O3S2. The van der Waals surface area contributed by atoms with E-state index in [9.17, 15) is 13.2 Å². The quantitative estimate of drug-likeness (QED) is 0.792. The molecule has 0 fully saturated rings. The van der Waals surface area contributed by atoms with E-state index >= 15 is 0 Å². The first-order valence-electron chi connectivity index (χ1n) is 6.32. The summed E-state index contributed by atoms with van der Waals surface area (Å²) in [4.78, 5) is 15.9. The maximum atomic E-state index is 11.9. The smallest absolute Gasteiger partial charge is 0.270 e. The number of nitrogens with zero attached hydrogens (tertiary/aromatic N) is 1. The number of nitrogens with one attached hydrogen (secondary N) is 1. The minimum Gasteiger partial charge on any atom is -0.350 e. The van der Waals surface area contributed by atoms with Crippen molar-refractivity contribution >= 4 is 39.5 Å². The fourth-order valence-corrected chi connectivity index (χ4v) is 3.13. The lowest BCUT2D eigenvalue weighted by Crippen LogP contribution is -2.36. The van der Waals surface area contributed by atoms with Crippen LogP contribution in [0.15, 0.2) is 5.38 Å². The van der Waals surface area contributed by atoms with Crippen molar-refractivity contribution in [2.24, 2.45) is 5.73 Å². The zero-order chi connectivity index (χ0) is 15.4. The molecule has 0 atom stereocenters. The number of rotatable bonds is 6. The van der Waals surface area contributed by atoms with Crippen molar-refractivity contribution in [2.75, 3.05) is 18.8 Å². The summed E-state index contributed by atoms with van der Waals surface area (Å²) in [6, 6.07) is 0. The van der Waals surface area contributed by atoms with Crippen molar-refractivity contribution in [1.82, 2.24) is 10.3 Å². The molecule has 0 unspecified atom stereocenters. The third kappa shape index (κ3) is 5.90. The van der Waals surface area contributed by atoms with Crippen molar-refractivity contribution < 1.29 is 13.2 Å². The fraction of sp³-hybridized carbons (Fsp3) is 0.667. The van der Waals surface area contributed by atoms with E-state index < -0.39 is 14.6 Å². The molecule has 0 aliphatic heterocycles. The molecule has 0 radical (unpaired) electrons. The second kappa shape index (κ2) is 8.07. The van der Waals surface area contributed by atoms with Gasteiger partial charge in [0, 0.05) is 18.3 Å². The van der Waals surface area contributed by atoms with Gasteiger partial charge in [-0.25, -0.2) is 13.4 Å². The normalized spacial score (nSPS) is 11.8. The molecule has 0 aliphatic carbocycles. The van der Waals surface area contributed by atoms with Gasteiger partial charge in [-0.2, -0.15) is 0 Å². The van der Waals surface area contributed by atoms with Crippen molar-refractivity contribution in [3.63, 3.8) is 0 Å². The molecule has 1 heterocycles. The number of amides is 1. The van der Waals surface area contributed by atoms with E-state index in [1.54, 1.807) is 26.2 Å². The van der Waals surface area contributed by atoms with Crippen LogP contribution in [0.4, 0.5) is 0 Å². The predicted molar refractivity (Wildman–Crippen MR) is 88.0 cm³/mol. The molecule has 1 rings (SSSR count). The Bertz CT molecular complexity index is 565. The van der Waals surface area contributed by atoms with Crippen LogP contribution in [0.1, 0.15) is 36.3 Å². The van der Waals surface area contributed by atoms with Gasteiger partial charge in [-0.05, 0) is 27.3 Å². The Balaban J connectivity index is 0.00000400. The van der Waals surface area contributed by atoms with Gasteiger partial charge in [-0.1, -0.05) is 0 Å². The van der Waals surface area contributed by atoms with Crippen molar-refractivity contribution in [2.45, 2.75) is 31.9 Å². The van der Waals surface area contributed by atoms with Crippen molar-refractivity contribution in [1.29, 1.82) is 0 Å². The number of thiazole rings is 1. The van der Waals surface area contributed by atoms with Crippen LogP contribution in [0.2, 0.25) is 0 Å². The summed E-state index contributed by atoms with van der Waals surface area (Å²) >= 11 is 1.38. The van der Waals surface area contributed by atoms with Crippen LogP contribution in [0.5, 0.6) is 0 Å². The number of sulfone groups is 1. The Morgan fingerprint density at radius 3 is 2.57 bits per heavy atom. The second-order valence-corrected chi connectivity index (χ2v) is 9.16. The molecule has 0 saturated heterocycles. The molecule has 1 aromatic heterocycles. The highest BCUT2D eigenvalue weighted by Crippen LogP contribution is 2.15. The fourth-order valence-electron chi connectivity index (χ4n) is 1.35. The molecule has 21 heavy (non-hydrogen) atoms. The summed E-state index contributed by atoms with van der Waals surface area (Å²) in [6.45, 7) is 5.50. The van der Waals surface area contributed by atoms with Gasteiger partial charge >= 0.3 is 0 Å². The molecule has 0 aromatic carbocycles. The molecule has 0 spiro atoms. The van der Waals surface area contributed by atoms with Gasteiger partial charge in [0.2, 0.25) is 0 Å². The van der Waals surface area contributed by atoms with Crippen LogP contribution in [0, 0.1) is 0 Å². The molecule has 0 aliphatic rings. The van der Waals surface area contributed by atoms with E-state index in [0.29, 0.717) is 18.7 Å². The number of hydrogen-bond acceptors (Lipinski definition) is 6. The van der Waals surface area contributed by atoms with Crippen LogP contribution in [0.25, 0.3) is 0 Å². The summed E-state index contributed by atoms with van der Waals surface area (Å²) in [5.74, 6) is -0.434. The Kier molecular flexibility index (Phi) is 7.80. The van der Waals surface area contributed by atoms with Crippen LogP contribution in [-0.2, 0) is 16.3 Å². The summed E-state index contributed by atoms with van der Waals surface area (Å²) in [6.07, 6.45) is 0.635. The maximum absolute atomic E-state index is 11.9. The zero-order valence-corrected chi connectivity index (χ0v) is 14.8. The van der Waals surface area contributed by atoms with E-state index in [1.165, 1.54) is 11.3 Å². The SMILES string of the molecule is CC(C)(C)S(=O)(=O)CCNC(=O)c1csc(CCN)n1.Cl. The number of nitrogens with two attached hydrogens (primary N) is 1. The van der Waals surface area contributed by atoms with Crippen LogP contribution in [0.3, 0.4) is 0 Å². The van der Waals surface area contributed by atoms with Gasteiger partial charge in [0.25, 0.3) is 5.91 Å². The van der Waals surface area contributed by atoms with E-state index in [2.05, 4.69) is 10.3 Å². The number of carbonyl (C=O) groups is 1. The summed E-state index contributed by atoms with van der Waals surface area (Å²) in [7, 11) is -3.23. The van der Waals surface area contributed by atoms with E-state index in [4.69, 9.17) is 5.73 Å². The number of aromatic nitrogens is 1. The van der Waals surface area contributed by atoms with Crippen LogP contribution < -0.4 is 11.1 Å². The van der Waals surface area contributed by atoms with Gasteiger partial charge in [0.05, 0.1) is 15.5 Å². The Labute approximate surface area is 135 Å². The number of carbonyl (C=O) groups excluding carboxylic acids is 1. The van der Waals surface area contributed by atoms with E-state index in [-0.39, 0.29) is 30.6 Å². The minimum absolute atomic E-state index is 0. The van der Waals surface area contributed by atoms with Crippen LogP contribution >= 0.6 is 23.7 Å². The summed E-state index contributed by atoms with van der Waals surface area (Å²) < 4.78 is 22.9.